The second kappa shape index (κ2) is 7.39. The van der Waals surface area contributed by atoms with Gasteiger partial charge in [-0.15, -0.1) is 22.7 Å². The zero-order valence-electron chi connectivity index (χ0n) is 15.1. The molecule has 1 aliphatic heterocycles. The first-order valence-electron chi connectivity index (χ1n) is 8.74. The summed E-state index contributed by atoms with van der Waals surface area (Å²) in [6.07, 6.45) is 0.983. The molecule has 1 aliphatic rings. The molecule has 1 N–H and O–H groups in total. The van der Waals surface area contributed by atoms with Crippen LogP contribution in [0.5, 0.6) is 11.5 Å². The van der Waals surface area contributed by atoms with E-state index in [0.29, 0.717) is 6.61 Å². The van der Waals surface area contributed by atoms with Crippen LogP contribution in [0, 0.1) is 6.92 Å². The van der Waals surface area contributed by atoms with Crippen LogP contribution in [0.2, 0.25) is 0 Å². The Kier molecular flexibility index (Phi) is 4.98. The largest absolute Gasteiger partial charge is 0.493 e. The highest BCUT2D eigenvalue weighted by atomic mass is 32.1. The van der Waals surface area contributed by atoms with Crippen molar-refractivity contribution < 1.29 is 9.47 Å². The van der Waals surface area contributed by atoms with Gasteiger partial charge in [0, 0.05) is 16.0 Å². The van der Waals surface area contributed by atoms with Crippen molar-refractivity contribution in [2.75, 3.05) is 13.7 Å². The van der Waals surface area contributed by atoms with Gasteiger partial charge in [-0.25, -0.2) is 4.98 Å². The predicted molar refractivity (Wildman–Crippen MR) is 107 cm³/mol. The number of fused-ring (bicyclic) bond motifs is 1. The Morgan fingerprint density at radius 1 is 1.23 bits per heavy atom. The first-order valence-corrected chi connectivity index (χ1v) is 10.5. The molecule has 26 heavy (non-hydrogen) atoms. The van der Waals surface area contributed by atoms with Gasteiger partial charge in [0.25, 0.3) is 0 Å². The van der Waals surface area contributed by atoms with Gasteiger partial charge in [-0.1, -0.05) is 6.07 Å². The van der Waals surface area contributed by atoms with Gasteiger partial charge < -0.3 is 9.47 Å². The van der Waals surface area contributed by atoms with Crippen LogP contribution >= 0.6 is 22.7 Å². The van der Waals surface area contributed by atoms with Crippen LogP contribution in [0.15, 0.2) is 35.0 Å². The maximum Gasteiger partial charge on any atom is 0.161 e. The van der Waals surface area contributed by atoms with E-state index in [1.54, 1.807) is 18.4 Å². The van der Waals surface area contributed by atoms with E-state index in [4.69, 9.17) is 14.5 Å². The summed E-state index contributed by atoms with van der Waals surface area (Å²) in [6, 6.07) is 8.83. The molecular formula is C20H22N2O2S2. The average molecular weight is 387 g/mol. The monoisotopic (exact) mass is 386 g/mol. The van der Waals surface area contributed by atoms with E-state index in [1.807, 2.05) is 31.3 Å². The van der Waals surface area contributed by atoms with E-state index in [0.717, 1.165) is 28.6 Å². The Bertz CT molecular complexity index is 903. The molecule has 2 aromatic heterocycles. The number of aromatic nitrogens is 1. The minimum atomic E-state index is 0.137. The number of hydrogen-bond acceptors (Lipinski definition) is 6. The van der Waals surface area contributed by atoms with Crippen LogP contribution in [0.1, 0.15) is 45.7 Å². The lowest BCUT2D eigenvalue weighted by Crippen LogP contribution is -2.33. The molecule has 6 heteroatoms. The number of nitrogens with one attached hydrogen (secondary N) is 1. The van der Waals surface area contributed by atoms with E-state index in [1.165, 1.54) is 16.0 Å². The number of ether oxygens (including phenoxy) is 2. The van der Waals surface area contributed by atoms with Gasteiger partial charge in [0.15, 0.2) is 11.5 Å². The molecule has 0 aliphatic carbocycles. The van der Waals surface area contributed by atoms with E-state index >= 15 is 0 Å². The predicted octanol–water partition coefficient (Wildman–Crippen LogP) is 4.90. The molecule has 3 aromatic rings. The summed E-state index contributed by atoms with van der Waals surface area (Å²) < 4.78 is 11.2. The lowest BCUT2D eigenvalue weighted by Gasteiger charge is -2.31. The SMILES string of the molecule is CCOc1ccc([C@H]2N[C@@H](c3nc(C)cs3)Cc3ccsc32)cc1OC. The molecule has 136 valence electrons. The Labute approximate surface area is 161 Å². The molecule has 3 heterocycles. The summed E-state index contributed by atoms with van der Waals surface area (Å²) in [6.45, 7) is 4.65. The minimum absolute atomic E-state index is 0.137. The van der Waals surface area contributed by atoms with E-state index in [2.05, 4.69) is 34.3 Å². The van der Waals surface area contributed by atoms with Crippen molar-refractivity contribution in [2.24, 2.45) is 0 Å². The zero-order chi connectivity index (χ0) is 18.1. The first kappa shape index (κ1) is 17.5. The van der Waals surface area contributed by atoms with Gasteiger partial charge in [-0.2, -0.15) is 0 Å². The van der Waals surface area contributed by atoms with Gasteiger partial charge in [0.05, 0.1) is 25.8 Å². The van der Waals surface area contributed by atoms with Crippen LogP contribution in [0.4, 0.5) is 0 Å². The number of thiazole rings is 1. The summed E-state index contributed by atoms with van der Waals surface area (Å²) in [7, 11) is 1.69. The van der Waals surface area contributed by atoms with Crippen LogP contribution < -0.4 is 14.8 Å². The van der Waals surface area contributed by atoms with Gasteiger partial charge in [-0.05, 0) is 55.0 Å². The van der Waals surface area contributed by atoms with Crippen molar-refractivity contribution in [3.8, 4) is 11.5 Å². The quantitative estimate of drug-likeness (QED) is 0.677. The maximum absolute atomic E-state index is 5.67. The topological polar surface area (TPSA) is 43.4 Å². The van der Waals surface area contributed by atoms with Crippen LogP contribution in [0.3, 0.4) is 0 Å². The van der Waals surface area contributed by atoms with Crippen molar-refractivity contribution in [1.29, 1.82) is 0 Å². The fourth-order valence-corrected chi connectivity index (χ4v) is 5.28. The van der Waals surface area contributed by atoms with Crippen LogP contribution in [-0.2, 0) is 6.42 Å². The average Bonchev–Trinajstić information content (AvgIpc) is 3.30. The summed E-state index contributed by atoms with van der Waals surface area (Å²) >= 11 is 3.54. The van der Waals surface area contributed by atoms with E-state index < -0.39 is 0 Å². The van der Waals surface area contributed by atoms with Crippen molar-refractivity contribution >= 4 is 22.7 Å². The Morgan fingerprint density at radius 2 is 2.12 bits per heavy atom. The summed E-state index contributed by atoms with van der Waals surface area (Å²) in [5.41, 5.74) is 3.68. The summed E-state index contributed by atoms with van der Waals surface area (Å²) in [5, 5.41) is 9.26. The standard InChI is InChI=1S/C20H22N2O2S2/c1-4-24-16-6-5-13(10-17(16)23-3)18-19-14(7-8-25-19)9-15(22-18)20-21-12(2)11-26-20/h5-8,10-11,15,18,22H,4,9H2,1-3H3/t15-,18-/m1/s1. The smallest absolute Gasteiger partial charge is 0.161 e. The van der Waals surface area contributed by atoms with Gasteiger partial charge in [-0.3, -0.25) is 5.32 Å². The molecule has 0 saturated heterocycles. The molecule has 0 bridgehead atoms. The minimum Gasteiger partial charge on any atom is -0.493 e. The number of hydrogen-bond donors (Lipinski definition) is 1. The Balaban J connectivity index is 1.71. The van der Waals surface area contributed by atoms with Crippen molar-refractivity contribution in [1.82, 2.24) is 10.3 Å². The number of benzene rings is 1. The van der Waals surface area contributed by atoms with Crippen molar-refractivity contribution in [2.45, 2.75) is 32.4 Å². The van der Waals surface area contributed by atoms with Gasteiger partial charge in [0.2, 0.25) is 0 Å². The Hall–Kier alpha value is -1.89. The fourth-order valence-electron chi connectivity index (χ4n) is 3.40. The highest BCUT2D eigenvalue weighted by Crippen LogP contribution is 2.41. The Morgan fingerprint density at radius 3 is 2.85 bits per heavy atom. The molecule has 0 spiro atoms. The molecule has 0 amide bonds. The number of methoxy groups -OCH3 is 1. The highest BCUT2D eigenvalue weighted by molar-refractivity contribution is 7.10. The second-order valence-electron chi connectivity index (χ2n) is 6.34. The maximum atomic E-state index is 5.67. The molecule has 0 saturated carbocycles. The number of rotatable bonds is 5. The third kappa shape index (κ3) is 3.24. The third-order valence-corrected chi connectivity index (χ3v) is 6.69. The molecule has 4 nitrogen and oxygen atoms in total. The van der Waals surface area contributed by atoms with Gasteiger partial charge in [0.1, 0.15) is 5.01 Å². The normalized spacial score (nSPS) is 19.2. The van der Waals surface area contributed by atoms with Crippen LogP contribution in [-0.4, -0.2) is 18.7 Å². The summed E-state index contributed by atoms with van der Waals surface area (Å²) in [5.74, 6) is 1.56. The second-order valence-corrected chi connectivity index (χ2v) is 8.17. The number of nitrogens with zero attached hydrogens (tertiary/aromatic N) is 1. The van der Waals surface area contributed by atoms with E-state index in [9.17, 15) is 0 Å². The number of aryl methyl sites for hydroxylation is 1. The molecule has 4 rings (SSSR count). The molecule has 0 unspecified atom stereocenters. The molecule has 0 fully saturated rings. The molecule has 1 aromatic carbocycles. The lowest BCUT2D eigenvalue weighted by atomic mass is 9.93. The molecule has 2 atom stereocenters. The zero-order valence-corrected chi connectivity index (χ0v) is 16.7. The third-order valence-electron chi connectivity index (χ3n) is 4.59. The van der Waals surface area contributed by atoms with Crippen LogP contribution in [0.25, 0.3) is 0 Å². The van der Waals surface area contributed by atoms with E-state index in [-0.39, 0.29) is 12.1 Å². The van der Waals surface area contributed by atoms with Crippen molar-refractivity contribution in [3.05, 3.63) is 61.7 Å². The lowest BCUT2D eigenvalue weighted by molar-refractivity contribution is 0.310. The van der Waals surface area contributed by atoms with Gasteiger partial charge >= 0.3 is 0 Å². The van der Waals surface area contributed by atoms with Crippen molar-refractivity contribution in [3.63, 3.8) is 0 Å². The molecular weight excluding hydrogens is 364 g/mol. The number of thiophene rings is 1. The molecule has 0 radical (unpaired) electrons. The highest BCUT2D eigenvalue weighted by Gasteiger charge is 2.31. The fraction of sp³-hybridized carbons (Fsp3) is 0.350. The first-order chi connectivity index (χ1) is 12.7. The summed E-state index contributed by atoms with van der Waals surface area (Å²) in [4.78, 5) is 6.08.